The van der Waals surface area contributed by atoms with Gasteiger partial charge in [0, 0.05) is 0 Å². The molecule has 2 N–H and O–H groups in total. The van der Waals surface area contributed by atoms with E-state index in [2.05, 4.69) is 21.7 Å². The molecule has 2 nitrogen and oxygen atoms in total. The first kappa shape index (κ1) is 9.74. The number of amides is 1. The molecular formula is C4H5BrF3NO. The van der Waals surface area contributed by atoms with Crippen molar-refractivity contribution in [2.45, 2.75) is 17.4 Å². The fraction of sp³-hybridized carbons (Fsp3) is 0.750. The van der Waals surface area contributed by atoms with Crippen LogP contribution in [-0.4, -0.2) is 16.4 Å². The molecule has 0 heterocycles. The third-order valence-corrected chi connectivity index (χ3v) is 1.84. The van der Waals surface area contributed by atoms with Crippen LogP contribution in [0.1, 0.15) is 6.92 Å². The SMILES string of the molecule is CC(Br)(C(N)=O)C(F)(F)F. The largest absolute Gasteiger partial charge is 0.412 e. The molecule has 0 aromatic heterocycles. The van der Waals surface area contributed by atoms with Crippen LogP contribution in [0.3, 0.4) is 0 Å². The lowest BCUT2D eigenvalue weighted by Gasteiger charge is -2.21. The van der Waals surface area contributed by atoms with Gasteiger partial charge in [-0.05, 0) is 6.92 Å². The summed E-state index contributed by atoms with van der Waals surface area (Å²) in [7, 11) is 0. The summed E-state index contributed by atoms with van der Waals surface area (Å²) in [5, 5.41) is 0. The first-order chi connectivity index (χ1) is 4.19. The molecule has 0 radical (unpaired) electrons. The summed E-state index contributed by atoms with van der Waals surface area (Å²) in [6, 6.07) is 0. The number of carbonyl (C=O) groups excluding carboxylic acids is 1. The van der Waals surface area contributed by atoms with Gasteiger partial charge in [-0.3, -0.25) is 4.79 Å². The Morgan fingerprint density at radius 1 is 1.50 bits per heavy atom. The molecule has 0 aromatic rings. The van der Waals surface area contributed by atoms with Crippen molar-refractivity contribution in [1.29, 1.82) is 0 Å². The van der Waals surface area contributed by atoms with Crippen molar-refractivity contribution in [3.8, 4) is 0 Å². The quantitative estimate of drug-likeness (QED) is 0.662. The summed E-state index contributed by atoms with van der Waals surface area (Å²) >= 11 is 2.17. The number of carbonyl (C=O) groups is 1. The van der Waals surface area contributed by atoms with Gasteiger partial charge < -0.3 is 5.73 Å². The van der Waals surface area contributed by atoms with Crippen molar-refractivity contribution in [3.63, 3.8) is 0 Å². The van der Waals surface area contributed by atoms with Gasteiger partial charge >= 0.3 is 6.18 Å². The normalized spacial score (nSPS) is 18.1. The second-order valence-corrected chi connectivity index (χ2v) is 3.45. The highest BCUT2D eigenvalue weighted by atomic mass is 79.9. The van der Waals surface area contributed by atoms with E-state index in [9.17, 15) is 18.0 Å². The van der Waals surface area contributed by atoms with Crippen LogP contribution in [0.5, 0.6) is 0 Å². The van der Waals surface area contributed by atoms with E-state index in [4.69, 9.17) is 0 Å². The monoisotopic (exact) mass is 219 g/mol. The summed E-state index contributed by atoms with van der Waals surface area (Å²) in [5.74, 6) is -1.44. The van der Waals surface area contributed by atoms with E-state index in [1.807, 2.05) is 0 Å². The van der Waals surface area contributed by atoms with Crippen LogP contribution in [-0.2, 0) is 4.79 Å². The third-order valence-electron chi connectivity index (χ3n) is 0.995. The number of nitrogens with two attached hydrogens (primary N) is 1. The lowest BCUT2D eigenvalue weighted by Crippen LogP contribution is -2.47. The van der Waals surface area contributed by atoms with Gasteiger partial charge in [0.2, 0.25) is 5.91 Å². The zero-order valence-corrected chi connectivity index (χ0v) is 6.58. The molecule has 1 amide bonds. The highest BCUT2D eigenvalue weighted by Gasteiger charge is 2.53. The molecular weight excluding hydrogens is 215 g/mol. The maximum Gasteiger partial charge on any atom is 0.412 e. The van der Waals surface area contributed by atoms with Crippen LogP contribution < -0.4 is 5.73 Å². The Morgan fingerprint density at radius 2 is 1.80 bits per heavy atom. The minimum atomic E-state index is -4.64. The molecule has 10 heavy (non-hydrogen) atoms. The zero-order chi connectivity index (χ0) is 8.58. The molecule has 0 aromatic carbocycles. The minimum absolute atomic E-state index is 0.662. The number of halogens is 4. The molecule has 0 spiro atoms. The minimum Gasteiger partial charge on any atom is -0.368 e. The predicted molar refractivity (Wildman–Crippen MR) is 32.6 cm³/mol. The van der Waals surface area contributed by atoms with Gasteiger partial charge in [-0.25, -0.2) is 0 Å². The van der Waals surface area contributed by atoms with Crippen molar-refractivity contribution >= 4 is 21.8 Å². The lowest BCUT2D eigenvalue weighted by atomic mass is 10.1. The summed E-state index contributed by atoms with van der Waals surface area (Å²) < 4.78 is 32.6. The highest BCUT2D eigenvalue weighted by Crippen LogP contribution is 2.36. The van der Waals surface area contributed by atoms with Crippen molar-refractivity contribution in [2.24, 2.45) is 5.73 Å². The van der Waals surface area contributed by atoms with Gasteiger partial charge in [0.15, 0.2) is 4.32 Å². The van der Waals surface area contributed by atoms with Gasteiger partial charge in [0.05, 0.1) is 0 Å². The van der Waals surface area contributed by atoms with Crippen molar-refractivity contribution in [1.82, 2.24) is 0 Å². The fourth-order valence-corrected chi connectivity index (χ4v) is 0.140. The standard InChI is InChI=1S/C4H5BrF3NO/c1-3(5,2(9)10)4(6,7)8/h1H3,(H2,9,10). The number of hydrogen-bond donors (Lipinski definition) is 1. The molecule has 0 fully saturated rings. The van der Waals surface area contributed by atoms with E-state index < -0.39 is 16.4 Å². The Hall–Kier alpha value is -0.260. The first-order valence-electron chi connectivity index (χ1n) is 2.25. The maximum atomic E-state index is 11.7. The molecule has 0 saturated carbocycles. The van der Waals surface area contributed by atoms with Crippen LogP contribution >= 0.6 is 15.9 Å². The number of hydrogen-bond acceptors (Lipinski definition) is 1. The van der Waals surface area contributed by atoms with E-state index in [0.717, 1.165) is 0 Å². The molecule has 0 aliphatic heterocycles. The molecule has 0 aliphatic rings. The molecule has 1 atom stereocenters. The van der Waals surface area contributed by atoms with Crippen LogP contribution in [0.4, 0.5) is 13.2 Å². The van der Waals surface area contributed by atoms with Crippen LogP contribution in [0.15, 0.2) is 0 Å². The zero-order valence-electron chi connectivity index (χ0n) is 5.00. The van der Waals surface area contributed by atoms with Gasteiger partial charge in [-0.2, -0.15) is 13.2 Å². The third kappa shape index (κ3) is 1.62. The molecule has 1 unspecified atom stereocenters. The Bertz CT molecular complexity index is 153. The molecule has 6 heteroatoms. The van der Waals surface area contributed by atoms with Crippen molar-refractivity contribution in [3.05, 3.63) is 0 Å². The number of rotatable bonds is 1. The average Bonchev–Trinajstić information content (AvgIpc) is 1.62. The van der Waals surface area contributed by atoms with Crippen LogP contribution in [0.25, 0.3) is 0 Å². The van der Waals surface area contributed by atoms with Gasteiger partial charge in [-0.1, -0.05) is 15.9 Å². The van der Waals surface area contributed by atoms with E-state index in [0.29, 0.717) is 6.92 Å². The summed E-state index contributed by atoms with van der Waals surface area (Å²) in [6.45, 7) is 0.662. The summed E-state index contributed by atoms with van der Waals surface area (Å²) in [6.07, 6.45) is -4.64. The van der Waals surface area contributed by atoms with Crippen LogP contribution in [0.2, 0.25) is 0 Å². The molecule has 60 valence electrons. The second-order valence-electron chi connectivity index (χ2n) is 1.86. The predicted octanol–water partition coefficient (Wildman–Crippen LogP) is 1.19. The first-order valence-corrected chi connectivity index (χ1v) is 3.04. The topological polar surface area (TPSA) is 43.1 Å². The molecule has 0 saturated heterocycles. The average molecular weight is 220 g/mol. The van der Waals surface area contributed by atoms with Crippen molar-refractivity contribution in [2.75, 3.05) is 0 Å². The number of primary amides is 1. The maximum absolute atomic E-state index is 11.7. The Labute approximate surface area is 63.7 Å². The van der Waals surface area contributed by atoms with E-state index in [1.54, 1.807) is 0 Å². The Morgan fingerprint density at radius 3 is 1.80 bits per heavy atom. The number of alkyl halides is 4. The Balaban J connectivity index is 4.57. The van der Waals surface area contributed by atoms with Gasteiger partial charge in [0.25, 0.3) is 0 Å². The van der Waals surface area contributed by atoms with Crippen molar-refractivity contribution < 1.29 is 18.0 Å². The van der Waals surface area contributed by atoms with E-state index in [-0.39, 0.29) is 0 Å². The summed E-state index contributed by atoms with van der Waals surface area (Å²) in [5.41, 5.74) is 4.45. The molecule has 0 bridgehead atoms. The van der Waals surface area contributed by atoms with Crippen LogP contribution in [0, 0.1) is 0 Å². The van der Waals surface area contributed by atoms with E-state index >= 15 is 0 Å². The lowest BCUT2D eigenvalue weighted by molar-refractivity contribution is -0.164. The highest BCUT2D eigenvalue weighted by molar-refractivity contribution is 9.10. The van der Waals surface area contributed by atoms with Gasteiger partial charge in [-0.15, -0.1) is 0 Å². The second kappa shape index (κ2) is 2.41. The fourth-order valence-electron chi connectivity index (χ4n) is 0.140. The Kier molecular flexibility index (Phi) is 2.35. The molecule has 0 aliphatic carbocycles. The summed E-state index contributed by atoms with van der Waals surface area (Å²) in [4.78, 5) is 10.1. The van der Waals surface area contributed by atoms with E-state index in [1.165, 1.54) is 0 Å². The van der Waals surface area contributed by atoms with Gasteiger partial charge in [0.1, 0.15) is 0 Å². The molecule has 0 rings (SSSR count). The smallest absolute Gasteiger partial charge is 0.368 e.